The van der Waals surface area contributed by atoms with Gasteiger partial charge in [0.25, 0.3) is 0 Å². The molecule has 21 heavy (non-hydrogen) atoms. The Morgan fingerprint density at radius 1 is 1.29 bits per heavy atom. The van der Waals surface area contributed by atoms with Crippen LogP contribution in [0.1, 0.15) is 31.7 Å². The number of rotatable bonds is 9. The first-order valence-corrected chi connectivity index (χ1v) is 9.14. The van der Waals surface area contributed by atoms with Crippen LogP contribution < -0.4 is 4.74 Å². The van der Waals surface area contributed by atoms with Crippen LogP contribution >= 0.6 is 11.6 Å². The molecule has 0 spiro atoms. The fourth-order valence-electron chi connectivity index (χ4n) is 2.10. The predicted molar refractivity (Wildman–Crippen MR) is 86.8 cm³/mol. The second-order valence-electron chi connectivity index (χ2n) is 4.95. The van der Waals surface area contributed by atoms with Crippen molar-refractivity contribution in [2.45, 2.75) is 37.5 Å². The van der Waals surface area contributed by atoms with Crippen LogP contribution in [0.15, 0.2) is 23.1 Å². The summed E-state index contributed by atoms with van der Waals surface area (Å²) < 4.78 is 31.9. The maximum absolute atomic E-state index is 12.7. The Bertz CT molecular complexity index is 546. The number of alkyl halides is 1. The highest BCUT2D eigenvalue weighted by atomic mass is 35.5. The van der Waals surface area contributed by atoms with Crippen molar-refractivity contribution < 1.29 is 13.2 Å². The Balaban J connectivity index is 3.06. The number of sulfonamides is 1. The van der Waals surface area contributed by atoms with Crippen molar-refractivity contribution in [1.29, 1.82) is 0 Å². The molecular formula is C15H24ClNO3S. The first kappa shape index (κ1) is 18.3. The molecular weight excluding hydrogens is 310 g/mol. The molecule has 0 saturated carbocycles. The minimum absolute atomic E-state index is 0.322. The van der Waals surface area contributed by atoms with Crippen LogP contribution in [0.2, 0.25) is 0 Å². The molecule has 6 heteroatoms. The van der Waals surface area contributed by atoms with Gasteiger partial charge in [0.05, 0.1) is 12.0 Å². The molecule has 1 rings (SSSR count). The van der Waals surface area contributed by atoms with Gasteiger partial charge in [-0.2, -0.15) is 0 Å². The molecule has 0 radical (unpaired) electrons. The van der Waals surface area contributed by atoms with E-state index in [1.165, 1.54) is 4.31 Å². The van der Waals surface area contributed by atoms with E-state index in [0.717, 1.165) is 19.3 Å². The van der Waals surface area contributed by atoms with Crippen LogP contribution in [0, 0.1) is 0 Å². The summed E-state index contributed by atoms with van der Waals surface area (Å²) in [6.45, 7) is 2.62. The zero-order valence-electron chi connectivity index (χ0n) is 12.9. The summed E-state index contributed by atoms with van der Waals surface area (Å²) in [4.78, 5) is 0.322. The first-order chi connectivity index (χ1) is 9.97. The molecule has 0 bridgehead atoms. The summed E-state index contributed by atoms with van der Waals surface area (Å²) in [5.41, 5.74) is 0.701. The van der Waals surface area contributed by atoms with Crippen LogP contribution in [0.5, 0.6) is 5.75 Å². The Kier molecular flexibility index (Phi) is 7.49. The lowest BCUT2D eigenvalue weighted by Crippen LogP contribution is -2.28. The van der Waals surface area contributed by atoms with E-state index in [1.54, 1.807) is 32.4 Å². The lowest BCUT2D eigenvalue weighted by molar-refractivity contribution is 0.413. The minimum Gasteiger partial charge on any atom is -0.497 e. The van der Waals surface area contributed by atoms with Gasteiger partial charge in [0.15, 0.2) is 0 Å². The van der Waals surface area contributed by atoms with E-state index in [2.05, 4.69) is 6.92 Å². The van der Waals surface area contributed by atoms with Crippen LogP contribution in [0.3, 0.4) is 0 Å². The molecule has 0 amide bonds. The highest BCUT2D eigenvalue weighted by Crippen LogP contribution is 2.25. The molecule has 0 aliphatic heterocycles. The van der Waals surface area contributed by atoms with Gasteiger partial charge in [0.1, 0.15) is 5.75 Å². The largest absolute Gasteiger partial charge is 0.497 e. The molecule has 4 nitrogen and oxygen atoms in total. The molecule has 0 N–H and O–H groups in total. The molecule has 0 heterocycles. The smallest absolute Gasteiger partial charge is 0.243 e. The maximum Gasteiger partial charge on any atom is 0.243 e. The zero-order chi connectivity index (χ0) is 15.9. The molecule has 1 aromatic rings. The standard InChI is InChI=1S/C15H24ClNO3S/c1-4-5-6-11-17(2)21(18,19)15-8-7-14(20-3)12-13(15)9-10-16/h7-8,12H,4-6,9-11H2,1-3H3. The van der Waals surface area contributed by atoms with Crippen molar-refractivity contribution in [3.05, 3.63) is 23.8 Å². The van der Waals surface area contributed by atoms with Gasteiger partial charge >= 0.3 is 0 Å². The number of halogens is 1. The molecule has 0 aliphatic carbocycles. The maximum atomic E-state index is 12.7. The summed E-state index contributed by atoms with van der Waals surface area (Å²) in [5, 5.41) is 0. The predicted octanol–water partition coefficient (Wildman–Crippen LogP) is 3.29. The third-order valence-corrected chi connectivity index (χ3v) is 5.54. The Hall–Kier alpha value is -0.780. The molecule has 0 fully saturated rings. The highest BCUT2D eigenvalue weighted by Gasteiger charge is 2.23. The lowest BCUT2D eigenvalue weighted by Gasteiger charge is -2.19. The van der Waals surface area contributed by atoms with Crippen molar-refractivity contribution in [1.82, 2.24) is 4.31 Å². The number of ether oxygens (including phenoxy) is 1. The van der Waals surface area contributed by atoms with Crippen LogP contribution in [-0.2, 0) is 16.4 Å². The van der Waals surface area contributed by atoms with Crippen molar-refractivity contribution in [3.8, 4) is 5.75 Å². The minimum atomic E-state index is -3.48. The molecule has 0 aliphatic rings. The van der Waals surface area contributed by atoms with Gasteiger partial charge in [-0.1, -0.05) is 19.8 Å². The van der Waals surface area contributed by atoms with Crippen molar-refractivity contribution >= 4 is 21.6 Å². The molecule has 1 aromatic carbocycles. The van der Waals surface area contributed by atoms with Crippen molar-refractivity contribution in [2.24, 2.45) is 0 Å². The Morgan fingerprint density at radius 3 is 2.57 bits per heavy atom. The molecule has 0 unspecified atom stereocenters. The first-order valence-electron chi connectivity index (χ1n) is 7.16. The summed E-state index contributed by atoms with van der Waals surface area (Å²) in [7, 11) is -0.293. The summed E-state index contributed by atoms with van der Waals surface area (Å²) in [5.74, 6) is 1.01. The van der Waals surface area contributed by atoms with Crippen molar-refractivity contribution in [2.75, 3.05) is 26.6 Å². The Morgan fingerprint density at radius 2 is 2.00 bits per heavy atom. The summed E-state index contributed by atoms with van der Waals surface area (Å²) in [6.07, 6.45) is 3.45. The quantitative estimate of drug-likeness (QED) is 0.514. The van der Waals surface area contributed by atoms with E-state index in [-0.39, 0.29) is 0 Å². The van der Waals surface area contributed by atoms with Gasteiger partial charge < -0.3 is 4.74 Å². The van der Waals surface area contributed by atoms with Crippen molar-refractivity contribution in [3.63, 3.8) is 0 Å². The molecule has 0 aromatic heterocycles. The van der Waals surface area contributed by atoms with Crippen LogP contribution in [-0.4, -0.2) is 39.3 Å². The van der Waals surface area contributed by atoms with E-state index in [0.29, 0.717) is 35.1 Å². The van der Waals surface area contributed by atoms with Gasteiger partial charge in [-0.15, -0.1) is 11.6 Å². The number of methoxy groups -OCH3 is 1. The third-order valence-electron chi connectivity index (χ3n) is 3.40. The highest BCUT2D eigenvalue weighted by molar-refractivity contribution is 7.89. The molecule has 0 saturated heterocycles. The van der Waals surface area contributed by atoms with Crippen LogP contribution in [0.25, 0.3) is 0 Å². The second-order valence-corrected chi connectivity index (χ2v) is 7.34. The number of unbranched alkanes of at least 4 members (excludes halogenated alkanes) is 2. The number of hydrogen-bond acceptors (Lipinski definition) is 3. The zero-order valence-corrected chi connectivity index (χ0v) is 14.5. The average Bonchev–Trinajstić information content (AvgIpc) is 2.47. The van der Waals surface area contributed by atoms with E-state index in [1.807, 2.05) is 0 Å². The van der Waals surface area contributed by atoms with Gasteiger partial charge in [0.2, 0.25) is 10.0 Å². The third kappa shape index (κ3) is 4.87. The summed E-state index contributed by atoms with van der Waals surface area (Å²) in [6, 6.07) is 5.02. The van der Waals surface area contributed by atoms with E-state index in [4.69, 9.17) is 16.3 Å². The SMILES string of the molecule is CCCCCN(C)S(=O)(=O)c1ccc(OC)cc1CCCl. The second kappa shape index (κ2) is 8.61. The Labute approximate surface area is 133 Å². The van der Waals surface area contributed by atoms with Gasteiger partial charge in [0, 0.05) is 19.5 Å². The van der Waals surface area contributed by atoms with Gasteiger partial charge in [-0.05, 0) is 36.6 Å². The van der Waals surface area contributed by atoms with E-state index in [9.17, 15) is 8.42 Å². The topological polar surface area (TPSA) is 46.6 Å². The van der Waals surface area contributed by atoms with Crippen LogP contribution in [0.4, 0.5) is 0 Å². The molecule has 120 valence electrons. The van der Waals surface area contributed by atoms with E-state index >= 15 is 0 Å². The normalized spacial score (nSPS) is 11.9. The number of aryl methyl sites for hydroxylation is 1. The number of hydrogen-bond donors (Lipinski definition) is 0. The lowest BCUT2D eigenvalue weighted by atomic mass is 10.1. The molecule has 0 atom stereocenters. The average molecular weight is 334 g/mol. The fourth-order valence-corrected chi connectivity index (χ4v) is 3.75. The fraction of sp³-hybridized carbons (Fsp3) is 0.600. The summed E-state index contributed by atoms with van der Waals surface area (Å²) >= 11 is 5.79. The van der Waals surface area contributed by atoms with Gasteiger partial charge in [-0.25, -0.2) is 12.7 Å². The monoisotopic (exact) mass is 333 g/mol. The number of benzene rings is 1. The van der Waals surface area contributed by atoms with Gasteiger partial charge in [-0.3, -0.25) is 0 Å². The number of nitrogens with zero attached hydrogens (tertiary/aromatic N) is 1. The van der Waals surface area contributed by atoms with E-state index < -0.39 is 10.0 Å².